The molecule has 2 fully saturated rings. The van der Waals surface area contributed by atoms with E-state index in [-0.39, 0.29) is 29.1 Å². The van der Waals surface area contributed by atoms with Gasteiger partial charge >= 0.3 is 6.18 Å². The fourth-order valence-electron chi connectivity index (χ4n) is 4.54. The Kier molecular flexibility index (Phi) is 8.72. The summed E-state index contributed by atoms with van der Waals surface area (Å²) in [6, 6.07) is 4.62. The van der Waals surface area contributed by atoms with Crippen molar-refractivity contribution in [2.24, 2.45) is 5.92 Å². The molecule has 1 spiro atoms. The molecule has 0 saturated carbocycles. The zero-order valence-corrected chi connectivity index (χ0v) is 20.2. The van der Waals surface area contributed by atoms with Gasteiger partial charge in [0.2, 0.25) is 11.8 Å². The Morgan fingerprint density at radius 3 is 2.64 bits per heavy atom. The van der Waals surface area contributed by atoms with E-state index in [1.165, 1.54) is 6.07 Å². The molecular formula is C24H34F3N3O2S. The molecule has 2 aliphatic heterocycles. The number of alkyl halides is 3. The predicted molar refractivity (Wildman–Crippen MR) is 125 cm³/mol. The Morgan fingerprint density at radius 1 is 1.27 bits per heavy atom. The van der Waals surface area contributed by atoms with E-state index in [0.717, 1.165) is 50.7 Å². The Labute approximate surface area is 198 Å². The van der Waals surface area contributed by atoms with E-state index in [1.807, 2.05) is 4.90 Å². The SMILES string of the molecule is CCCCC(CC)C(=O)N1CCC2(CC1)NC(C(=O)NCc1cccc(C(F)(F)F)c1)CS2. The second-order valence-electron chi connectivity index (χ2n) is 8.99. The van der Waals surface area contributed by atoms with Gasteiger partial charge in [0.25, 0.3) is 0 Å². The highest BCUT2D eigenvalue weighted by atomic mass is 32.2. The van der Waals surface area contributed by atoms with Crippen molar-refractivity contribution >= 4 is 23.6 Å². The van der Waals surface area contributed by atoms with Crippen molar-refractivity contribution in [3.05, 3.63) is 35.4 Å². The third-order valence-corrected chi connectivity index (χ3v) is 8.21. The topological polar surface area (TPSA) is 61.4 Å². The van der Waals surface area contributed by atoms with Gasteiger partial charge in [-0.3, -0.25) is 14.9 Å². The highest BCUT2D eigenvalue weighted by molar-refractivity contribution is 8.01. The minimum Gasteiger partial charge on any atom is -0.351 e. The van der Waals surface area contributed by atoms with Crippen molar-refractivity contribution in [2.45, 2.75) is 76.0 Å². The molecule has 0 radical (unpaired) electrons. The Bertz CT molecular complexity index is 825. The first-order valence-corrected chi connectivity index (χ1v) is 12.8. The van der Waals surface area contributed by atoms with Crippen LogP contribution in [0.15, 0.2) is 24.3 Å². The lowest BCUT2D eigenvalue weighted by Gasteiger charge is -2.40. The third-order valence-electron chi connectivity index (χ3n) is 6.63. The second kappa shape index (κ2) is 11.1. The van der Waals surface area contributed by atoms with E-state index in [2.05, 4.69) is 24.5 Å². The number of hydrogen-bond acceptors (Lipinski definition) is 4. The number of rotatable bonds is 8. The summed E-state index contributed by atoms with van der Waals surface area (Å²) in [5.41, 5.74) is -0.303. The lowest BCUT2D eigenvalue weighted by atomic mass is 9.95. The van der Waals surface area contributed by atoms with Gasteiger partial charge in [0, 0.05) is 31.3 Å². The van der Waals surface area contributed by atoms with E-state index in [0.29, 0.717) is 24.4 Å². The third kappa shape index (κ3) is 6.66. The lowest BCUT2D eigenvalue weighted by Crippen LogP contribution is -2.54. The van der Waals surface area contributed by atoms with Crippen LogP contribution in [0.3, 0.4) is 0 Å². The van der Waals surface area contributed by atoms with Gasteiger partial charge in [-0.15, -0.1) is 11.8 Å². The minimum absolute atomic E-state index is 0.0526. The second-order valence-corrected chi connectivity index (χ2v) is 10.4. The molecule has 2 atom stereocenters. The Hall–Kier alpha value is -1.74. The van der Waals surface area contributed by atoms with E-state index >= 15 is 0 Å². The van der Waals surface area contributed by atoms with Gasteiger partial charge in [0.15, 0.2) is 0 Å². The first kappa shape index (κ1) is 25.9. The molecule has 0 aliphatic carbocycles. The van der Waals surface area contributed by atoms with Crippen LogP contribution in [-0.2, 0) is 22.3 Å². The summed E-state index contributed by atoms with van der Waals surface area (Å²) in [5, 5.41) is 6.21. The zero-order chi connectivity index (χ0) is 24.1. The number of unbranched alkanes of at least 4 members (excludes halogenated alkanes) is 1. The van der Waals surface area contributed by atoms with Gasteiger partial charge in [-0.1, -0.05) is 38.8 Å². The van der Waals surface area contributed by atoms with Crippen molar-refractivity contribution in [2.75, 3.05) is 18.8 Å². The van der Waals surface area contributed by atoms with Crippen LogP contribution in [-0.4, -0.2) is 46.5 Å². The summed E-state index contributed by atoms with van der Waals surface area (Å²) in [6.45, 7) is 5.62. The molecular weight excluding hydrogens is 451 g/mol. The number of nitrogens with zero attached hydrogens (tertiary/aromatic N) is 1. The van der Waals surface area contributed by atoms with Crippen LogP contribution >= 0.6 is 11.8 Å². The number of hydrogen-bond donors (Lipinski definition) is 2. The summed E-state index contributed by atoms with van der Waals surface area (Å²) in [5.74, 6) is 0.744. The fraction of sp³-hybridized carbons (Fsp3) is 0.667. The predicted octanol–water partition coefficient (Wildman–Crippen LogP) is 4.56. The molecule has 2 saturated heterocycles. The van der Waals surface area contributed by atoms with Crippen LogP contribution in [0.25, 0.3) is 0 Å². The zero-order valence-electron chi connectivity index (χ0n) is 19.3. The highest BCUT2D eigenvalue weighted by Crippen LogP contribution is 2.39. The van der Waals surface area contributed by atoms with Crippen LogP contribution in [0.1, 0.15) is 63.5 Å². The number of nitrogens with one attached hydrogen (secondary N) is 2. The maximum atomic E-state index is 12.9. The van der Waals surface area contributed by atoms with Gasteiger partial charge in [0.1, 0.15) is 0 Å². The van der Waals surface area contributed by atoms with Crippen molar-refractivity contribution in [1.82, 2.24) is 15.5 Å². The molecule has 5 nitrogen and oxygen atoms in total. The molecule has 9 heteroatoms. The van der Waals surface area contributed by atoms with Crippen LogP contribution in [0.5, 0.6) is 0 Å². The molecule has 2 unspecified atom stereocenters. The van der Waals surface area contributed by atoms with Crippen LogP contribution in [0.2, 0.25) is 0 Å². The van der Waals surface area contributed by atoms with E-state index in [9.17, 15) is 22.8 Å². The van der Waals surface area contributed by atoms with Gasteiger partial charge in [-0.25, -0.2) is 0 Å². The molecule has 3 rings (SSSR count). The summed E-state index contributed by atoms with van der Waals surface area (Å²) < 4.78 is 38.7. The smallest absolute Gasteiger partial charge is 0.351 e. The minimum atomic E-state index is -4.40. The van der Waals surface area contributed by atoms with E-state index in [1.54, 1.807) is 17.8 Å². The number of likely N-dealkylation sites (tertiary alicyclic amines) is 1. The van der Waals surface area contributed by atoms with E-state index in [4.69, 9.17) is 0 Å². The Balaban J connectivity index is 1.48. The first-order valence-electron chi connectivity index (χ1n) is 11.8. The Morgan fingerprint density at radius 2 is 2.00 bits per heavy atom. The average Bonchev–Trinajstić information content (AvgIpc) is 3.21. The number of halogens is 3. The van der Waals surface area contributed by atoms with Crippen LogP contribution < -0.4 is 10.6 Å². The largest absolute Gasteiger partial charge is 0.416 e. The van der Waals surface area contributed by atoms with Crippen LogP contribution in [0.4, 0.5) is 13.2 Å². The standard InChI is InChI=1S/C24H34F3N3O2S/c1-3-5-8-18(4-2)22(32)30-12-10-23(11-13-30)29-20(16-33-23)21(31)28-15-17-7-6-9-19(14-17)24(25,26)27/h6-7,9,14,18,20,29H,3-5,8,10-13,15-16H2,1-2H3,(H,28,31). The summed E-state index contributed by atoms with van der Waals surface area (Å²) in [7, 11) is 0. The molecule has 2 aliphatic rings. The fourth-order valence-corrected chi connectivity index (χ4v) is 5.96. The van der Waals surface area contributed by atoms with Gasteiger partial charge in [-0.05, 0) is 43.4 Å². The first-order chi connectivity index (χ1) is 15.7. The maximum Gasteiger partial charge on any atom is 0.416 e. The molecule has 33 heavy (non-hydrogen) atoms. The molecule has 184 valence electrons. The number of benzene rings is 1. The summed E-state index contributed by atoms with van der Waals surface area (Å²) in [6.07, 6.45) is 1.12. The monoisotopic (exact) mass is 485 g/mol. The van der Waals surface area contributed by atoms with Crippen molar-refractivity contribution in [3.8, 4) is 0 Å². The van der Waals surface area contributed by atoms with Crippen molar-refractivity contribution in [1.29, 1.82) is 0 Å². The number of amides is 2. The van der Waals surface area contributed by atoms with Crippen LogP contribution in [0, 0.1) is 5.92 Å². The normalized spacial score (nSPS) is 21.2. The molecule has 0 bridgehead atoms. The van der Waals surface area contributed by atoms with Crippen molar-refractivity contribution in [3.63, 3.8) is 0 Å². The van der Waals surface area contributed by atoms with E-state index < -0.39 is 17.8 Å². The average molecular weight is 486 g/mol. The summed E-state index contributed by atoms with van der Waals surface area (Å²) >= 11 is 1.71. The highest BCUT2D eigenvalue weighted by Gasteiger charge is 2.44. The molecule has 2 amide bonds. The number of carbonyl (C=O) groups excluding carboxylic acids is 2. The number of piperidine rings is 1. The van der Waals surface area contributed by atoms with Crippen molar-refractivity contribution < 1.29 is 22.8 Å². The maximum absolute atomic E-state index is 12.9. The quantitative estimate of drug-likeness (QED) is 0.567. The molecule has 2 N–H and O–H groups in total. The van der Waals surface area contributed by atoms with Gasteiger partial charge < -0.3 is 10.2 Å². The molecule has 1 aromatic rings. The summed E-state index contributed by atoms with van der Waals surface area (Å²) in [4.78, 5) is 27.3. The van der Waals surface area contributed by atoms with Gasteiger partial charge in [0.05, 0.1) is 16.5 Å². The number of thioether (sulfide) groups is 1. The molecule has 0 aromatic heterocycles. The molecule has 2 heterocycles. The number of carbonyl (C=O) groups is 2. The van der Waals surface area contributed by atoms with Gasteiger partial charge in [-0.2, -0.15) is 13.2 Å². The lowest BCUT2D eigenvalue weighted by molar-refractivity contribution is -0.138. The molecule has 1 aromatic carbocycles.